The Morgan fingerprint density at radius 3 is 2.93 bits per heavy atom. The van der Waals surface area contributed by atoms with E-state index < -0.39 is 12.0 Å². The summed E-state index contributed by atoms with van der Waals surface area (Å²) < 4.78 is 5.16. The number of piperidine rings is 1. The molecule has 3 N–H and O–H groups in total. The summed E-state index contributed by atoms with van der Waals surface area (Å²) in [5.41, 5.74) is 1.93. The second kappa shape index (κ2) is 10.4. The van der Waals surface area contributed by atoms with E-state index in [4.69, 9.17) is 4.52 Å². The van der Waals surface area contributed by atoms with Crippen molar-refractivity contribution in [1.29, 1.82) is 0 Å². The maximum atomic E-state index is 12.8. The highest BCUT2D eigenvalue weighted by atomic mass is 16.5. The van der Waals surface area contributed by atoms with Gasteiger partial charge in [-0.15, -0.1) is 0 Å². The lowest BCUT2D eigenvalue weighted by Crippen LogP contribution is -2.46. The first-order valence-corrected chi connectivity index (χ1v) is 10.5. The van der Waals surface area contributed by atoms with Gasteiger partial charge in [-0.05, 0) is 39.2 Å². The van der Waals surface area contributed by atoms with Crippen molar-refractivity contribution in [2.75, 3.05) is 26.2 Å². The summed E-state index contributed by atoms with van der Waals surface area (Å²) in [7, 11) is 0. The summed E-state index contributed by atoms with van der Waals surface area (Å²) in [6.07, 6.45) is 5.48. The fourth-order valence-electron chi connectivity index (χ4n) is 3.97. The highest BCUT2D eigenvalue weighted by Crippen LogP contribution is 2.23. The van der Waals surface area contributed by atoms with E-state index in [0.717, 1.165) is 32.4 Å². The predicted molar refractivity (Wildman–Crippen MR) is 108 cm³/mol. The number of aryl methyl sites for hydroxylation is 1. The van der Waals surface area contributed by atoms with Crippen LogP contribution in [0.2, 0.25) is 0 Å². The van der Waals surface area contributed by atoms with Gasteiger partial charge in [0.25, 0.3) is 0 Å². The molecule has 9 nitrogen and oxygen atoms in total. The smallest absolute Gasteiger partial charge is 0.305 e. The van der Waals surface area contributed by atoms with Crippen LogP contribution in [0.4, 0.5) is 0 Å². The van der Waals surface area contributed by atoms with E-state index in [9.17, 15) is 19.5 Å². The van der Waals surface area contributed by atoms with Gasteiger partial charge in [-0.3, -0.25) is 14.4 Å². The molecule has 9 heteroatoms. The van der Waals surface area contributed by atoms with E-state index in [2.05, 4.69) is 21.9 Å². The molecular weight excluding hydrogens is 388 g/mol. The van der Waals surface area contributed by atoms with Crippen molar-refractivity contribution in [1.82, 2.24) is 20.7 Å². The Kier molecular flexibility index (Phi) is 7.62. The number of carboxylic acids is 1. The van der Waals surface area contributed by atoms with Gasteiger partial charge in [0, 0.05) is 32.1 Å². The molecule has 0 saturated carbocycles. The highest BCUT2D eigenvalue weighted by Gasteiger charge is 2.31. The lowest BCUT2D eigenvalue weighted by Gasteiger charge is -2.33. The van der Waals surface area contributed by atoms with Crippen LogP contribution in [0.5, 0.6) is 0 Å². The van der Waals surface area contributed by atoms with Gasteiger partial charge in [-0.1, -0.05) is 16.8 Å². The minimum atomic E-state index is -1.04. The number of hydrogen-bond donors (Lipinski definition) is 3. The van der Waals surface area contributed by atoms with Crippen molar-refractivity contribution >= 4 is 17.8 Å². The van der Waals surface area contributed by atoms with Crippen molar-refractivity contribution in [3.05, 3.63) is 29.2 Å². The zero-order valence-corrected chi connectivity index (χ0v) is 17.4. The quantitative estimate of drug-likeness (QED) is 0.547. The minimum absolute atomic E-state index is 0.0693. The average Bonchev–Trinajstić information content (AvgIpc) is 3.18. The molecule has 0 spiro atoms. The molecule has 164 valence electrons. The zero-order valence-electron chi connectivity index (χ0n) is 17.4. The lowest BCUT2D eigenvalue weighted by atomic mass is 9.95. The summed E-state index contributed by atoms with van der Waals surface area (Å²) in [5.74, 6) is -1.26. The number of aliphatic carboxylic acids is 1. The number of carbonyl (C=O) groups excluding carboxylic acids is 2. The van der Waals surface area contributed by atoms with Crippen LogP contribution in [-0.2, 0) is 14.4 Å². The van der Waals surface area contributed by atoms with Crippen LogP contribution >= 0.6 is 0 Å². The van der Waals surface area contributed by atoms with Crippen molar-refractivity contribution in [3.8, 4) is 0 Å². The van der Waals surface area contributed by atoms with Crippen LogP contribution in [0.3, 0.4) is 0 Å². The molecule has 1 aromatic heterocycles. The molecule has 1 fully saturated rings. The van der Waals surface area contributed by atoms with Gasteiger partial charge in [0.2, 0.25) is 11.8 Å². The third-order valence-corrected chi connectivity index (χ3v) is 5.65. The number of likely N-dealkylation sites (tertiary alicyclic amines) is 1. The second-order valence-corrected chi connectivity index (χ2v) is 8.03. The monoisotopic (exact) mass is 418 g/mol. The third kappa shape index (κ3) is 6.16. The molecular formula is C21H30N4O5. The third-order valence-electron chi connectivity index (χ3n) is 5.65. The molecule has 2 aliphatic heterocycles. The Hall–Kier alpha value is -2.68. The number of aromatic nitrogens is 1. The number of carboxylic acid groups (broad SMARTS) is 1. The SMILES string of the molecule is Cc1cc([C@H](CC(=O)O)NC(=O)[C@@H]2CCCN(C(=O)CCC3=CCNCC3)C2)on1. The van der Waals surface area contributed by atoms with Gasteiger partial charge in [0.15, 0.2) is 5.76 Å². The van der Waals surface area contributed by atoms with Gasteiger partial charge < -0.3 is 25.2 Å². The Bertz CT molecular complexity index is 803. The van der Waals surface area contributed by atoms with E-state index in [1.54, 1.807) is 17.9 Å². The zero-order chi connectivity index (χ0) is 21.5. The van der Waals surface area contributed by atoms with Gasteiger partial charge in [-0.25, -0.2) is 0 Å². The summed E-state index contributed by atoms with van der Waals surface area (Å²) in [5, 5.41) is 19.0. The maximum absolute atomic E-state index is 12.8. The number of amides is 2. The van der Waals surface area contributed by atoms with Crippen molar-refractivity contribution in [2.45, 2.75) is 51.5 Å². The van der Waals surface area contributed by atoms with Gasteiger partial charge >= 0.3 is 5.97 Å². The highest BCUT2D eigenvalue weighted by molar-refractivity contribution is 5.82. The van der Waals surface area contributed by atoms with Gasteiger partial charge in [-0.2, -0.15) is 0 Å². The molecule has 1 aromatic rings. The van der Waals surface area contributed by atoms with Crippen LogP contribution in [0.1, 0.15) is 56.0 Å². The first-order chi connectivity index (χ1) is 14.4. The summed E-state index contributed by atoms with van der Waals surface area (Å²) >= 11 is 0. The Balaban J connectivity index is 1.55. The van der Waals surface area contributed by atoms with Crippen LogP contribution in [0.25, 0.3) is 0 Å². The average molecular weight is 418 g/mol. The number of nitrogens with zero attached hydrogens (tertiary/aromatic N) is 2. The second-order valence-electron chi connectivity index (χ2n) is 8.03. The lowest BCUT2D eigenvalue weighted by molar-refractivity contribution is -0.138. The first-order valence-electron chi connectivity index (χ1n) is 10.5. The van der Waals surface area contributed by atoms with Crippen molar-refractivity contribution in [3.63, 3.8) is 0 Å². The van der Waals surface area contributed by atoms with E-state index in [1.807, 2.05) is 0 Å². The summed E-state index contributed by atoms with van der Waals surface area (Å²) in [4.78, 5) is 38.5. The van der Waals surface area contributed by atoms with Gasteiger partial charge in [0.05, 0.1) is 18.0 Å². The molecule has 0 radical (unpaired) electrons. The molecule has 0 bridgehead atoms. The molecule has 2 atom stereocenters. The molecule has 30 heavy (non-hydrogen) atoms. The summed E-state index contributed by atoms with van der Waals surface area (Å²) in [6.45, 7) is 4.56. The van der Waals surface area contributed by atoms with E-state index in [0.29, 0.717) is 37.4 Å². The molecule has 0 aliphatic carbocycles. The molecule has 0 unspecified atom stereocenters. The maximum Gasteiger partial charge on any atom is 0.305 e. The fourth-order valence-corrected chi connectivity index (χ4v) is 3.97. The molecule has 0 aromatic carbocycles. The van der Waals surface area contributed by atoms with E-state index in [-0.39, 0.29) is 24.2 Å². The van der Waals surface area contributed by atoms with Crippen molar-refractivity contribution in [2.24, 2.45) is 5.92 Å². The number of carbonyl (C=O) groups is 3. The normalized spacial score (nSPS) is 20.4. The first kappa shape index (κ1) is 22.0. The Morgan fingerprint density at radius 1 is 1.43 bits per heavy atom. The van der Waals surface area contributed by atoms with Crippen LogP contribution in [0.15, 0.2) is 22.2 Å². The topological polar surface area (TPSA) is 125 Å². The van der Waals surface area contributed by atoms with Gasteiger partial charge in [0.1, 0.15) is 6.04 Å². The standard InChI is InChI=1S/C21H30N4O5/c1-14-11-18(30-24-14)17(12-20(27)28)23-21(29)16-3-2-10-25(13-16)19(26)5-4-15-6-8-22-9-7-15/h6,11,16-17,22H,2-5,7-10,12-13H2,1H3,(H,23,29)(H,27,28)/t16-,17+/m1/s1. The van der Waals surface area contributed by atoms with E-state index >= 15 is 0 Å². The Morgan fingerprint density at radius 2 is 2.27 bits per heavy atom. The number of nitrogens with one attached hydrogen (secondary N) is 2. The molecule has 3 heterocycles. The molecule has 1 saturated heterocycles. The Labute approximate surface area is 175 Å². The fraction of sp³-hybridized carbons (Fsp3) is 0.619. The predicted octanol–water partition coefficient (Wildman–Crippen LogP) is 1.55. The van der Waals surface area contributed by atoms with Crippen molar-refractivity contribution < 1.29 is 24.0 Å². The molecule has 3 rings (SSSR count). The molecule has 2 aliphatic rings. The van der Waals surface area contributed by atoms with Crippen LogP contribution in [0, 0.1) is 12.8 Å². The number of rotatable bonds is 8. The minimum Gasteiger partial charge on any atom is -0.481 e. The van der Waals surface area contributed by atoms with Crippen LogP contribution < -0.4 is 10.6 Å². The van der Waals surface area contributed by atoms with E-state index in [1.165, 1.54) is 5.57 Å². The largest absolute Gasteiger partial charge is 0.481 e. The summed E-state index contributed by atoms with van der Waals surface area (Å²) in [6, 6.07) is 0.842. The molecule has 2 amide bonds. The number of hydrogen-bond acceptors (Lipinski definition) is 6. The van der Waals surface area contributed by atoms with Crippen LogP contribution in [-0.4, -0.2) is 59.1 Å².